The summed E-state index contributed by atoms with van der Waals surface area (Å²) < 4.78 is 1.59. The predicted octanol–water partition coefficient (Wildman–Crippen LogP) is 4.31. The number of imidazole rings is 1. The highest BCUT2D eigenvalue weighted by atomic mass is 35.5. The Balaban J connectivity index is 2.18. The Labute approximate surface area is 148 Å². The Morgan fingerprint density at radius 2 is 2.04 bits per heavy atom. The maximum absolute atomic E-state index is 11.7. The topological polar surface area (TPSA) is 68.0 Å². The van der Waals surface area contributed by atoms with Crippen molar-refractivity contribution in [3.05, 3.63) is 69.6 Å². The predicted molar refractivity (Wildman–Crippen MR) is 92.7 cm³/mol. The van der Waals surface area contributed by atoms with E-state index >= 15 is 0 Å². The van der Waals surface area contributed by atoms with E-state index < -0.39 is 5.97 Å². The van der Waals surface area contributed by atoms with Crippen LogP contribution in [0.3, 0.4) is 0 Å². The minimum Gasteiger partial charge on any atom is -0.477 e. The second-order valence-corrected chi connectivity index (χ2v) is 6.06. The van der Waals surface area contributed by atoms with Crippen LogP contribution in [0.2, 0.25) is 10.0 Å². The van der Waals surface area contributed by atoms with E-state index in [9.17, 15) is 9.90 Å². The molecule has 7 heteroatoms. The van der Waals surface area contributed by atoms with Gasteiger partial charge < -0.3 is 9.67 Å². The second-order valence-electron chi connectivity index (χ2n) is 5.21. The number of nitrogens with zero attached hydrogens (tertiary/aromatic N) is 3. The van der Waals surface area contributed by atoms with E-state index in [2.05, 4.69) is 9.97 Å². The second kappa shape index (κ2) is 6.63. The average molecular weight is 362 g/mol. The highest BCUT2D eigenvalue weighted by Crippen LogP contribution is 2.26. The SMILES string of the molecule is Cc1nc(-c2ccccn2)n(Cc2cc(Cl)ccc2Cl)c1C(=O)O. The smallest absolute Gasteiger partial charge is 0.354 e. The zero-order valence-corrected chi connectivity index (χ0v) is 14.2. The molecule has 3 rings (SSSR count). The van der Waals surface area contributed by atoms with E-state index in [1.54, 1.807) is 48.0 Å². The summed E-state index contributed by atoms with van der Waals surface area (Å²) in [6.45, 7) is 1.89. The molecule has 0 amide bonds. The lowest BCUT2D eigenvalue weighted by Gasteiger charge is -2.12. The van der Waals surface area contributed by atoms with Crippen LogP contribution in [0.15, 0.2) is 42.6 Å². The number of rotatable bonds is 4. The molecular formula is C17H13Cl2N3O2. The van der Waals surface area contributed by atoms with E-state index in [1.165, 1.54) is 0 Å². The summed E-state index contributed by atoms with van der Waals surface area (Å²) in [4.78, 5) is 20.4. The number of hydrogen-bond donors (Lipinski definition) is 1. The van der Waals surface area contributed by atoms with Crippen molar-refractivity contribution in [1.29, 1.82) is 0 Å². The number of carboxylic acid groups (broad SMARTS) is 1. The van der Waals surface area contributed by atoms with Gasteiger partial charge in [-0.3, -0.25) is 4.98 Å². The normalized spacial score (nSPS) is 10.8. The van der Waals surface area contributed by atoms with Crippen LogP contribution in [0, 0.1) is 6.92 Å². The van der Waals surface area contributed by atoms with E-state index in [-0.39, 0.29) is 12.2 Å². The van der Waals surface area contributed by atoms with E-state index in [1.807, 2.05) is 6.07 Å². The summed E-state index contributed by atoms with van der Waals surface area (Å²) in [7, 11) is 0. The Kier molecular flexibility index (Phi) is 4.55. The highest BCUT2D eigenvalue weighted by molar-refractivity contribution is 6.33. The number of carboxylic acids is 1. The Morgan fingerprint density at radius 3 is 2.71 bits per heavy atom. The molecule has 0 aliphatic rings. The lowest BCUT2D eigenvalue weighted by atomic mass is 10.2. The van der Waals surface area contributed by atoms with Crippen LogP contribution < -0.4 is 0 Å². The molecule has 122 valence electrons. The number of carbonyl (C=O) groups is 1. The molecule has 3 aromatic rings. The van der Waals surface area contributed by atoms with Crippen molar-refractivity contribution in [1.82, 2.24) is 14.5 Å². The minimum absolute atomic E-state index is 0.103. The largest absolute Gasteiger partial charge is 0.477 e. The van der Waals surface area contributed by atoms with Gasteiger partial charge in [-0.05, 0) is 42.8 Å². The molecule has 0 aliphatic carbocycles. The van der Waals surface area contributed by atoms with Gasteiger partial charge in [-0.15, -0.1) is 0 Å². The maximum Gasteiger partial charge on any atom is 0.354 e. The van der Waals surface area contributed by atoms with Gasteiger partial charge in [-0.1, -0.05) is 29.3 Å². The fraction of sp³-hybridized carbons (Fsp3) is 0.118. The molecule has 0 bridgehead atoms. The first kappa shape index (κ1) is 16.5. The van der Waals surface area contributed by atoms with Crippen molar-refractivity contribution < 1.29 is 9.90 Å². The molecule has 1 aromatic carbocycles. The summed E-state index contributed by atoms with van der Waals surface area (Å²) in [6, 6.07) is 10.5. The number of hydrogen-bond acceptors (Lipinski definition) is 3. The van der Waals surface area contributed by atoms with Crippen LogP contribution >= 0.6 is 23.2 Å². The van der Waals surface area contributed by atoms with Crippen molar-refractivity contribution in [2.75, 3.05) is 0 Å². The van der Waals surface area contributed by atoms with Crippen LogP contribution in [0.1, 0.15) is 21.7 Å². The van der Waals surface area contributed by atoms with Gasteiger partial charge in [-0.2, -0.15) is 0 Å². The Hall–Kier alpha value is -2.37. The molecule has 0 fully saturated rings. The standard InChI is InChI=1S/C17H13Cl2N3O2/c1-10-15(17(23)24)22(9-11-8-12(18)5-6-13(11)19)16(21-10)14-4-2-3-7-20-14/h2-8H,9H2,1H3,(H,23,24). The zero-order valence-electron chi connectivity index (χ0n) is 12.7. The van der Waals surface area contributed by atoms with Crippen molar-refractivity contribution in [3.8, 4) is 11.5 Å². The number of aromatic nitrogens is 3. The van der Waals surface area contributed by atoms with Gasteiger partial charge in [0.05, 0.1) is 12.2 Å². The summed E-state index contributed by atoms with van der Waals surface area (Å²) >= 11 is 12.3. The van der Waals surface area contributed by atoms with Crippen molar-refractivity contribution >= 4 is 29.2 Å². The summed E-state index contributed by atoms with van der Waals surface area (Å²) in [5.41, 5.74) is 1.82. The monoisotopic (exact) mass is 361 g/mol. The molecule has 0 saturated heterocycles. The first-order valence-electron chi connectivity index (χ1n) is 7.13. The summed E-state index contributed by atoms with van der Waals surface area (Å²) in [5, 5.41) is 10.6. The van der Waals surface area contributed by atoms with Crippen molar-refractivity contribution in [2.24, 2.45) is 0 Å². The lowest BCUT2D eigenvalue weighted by molar-refractivity contribution is 0.0685. The van der Waals surface area contributed by atoms with Crippen LogP contribution in [-0.4, -0.2) is 25.6 Å². The molecule has 0 unspecified atom stereocenters. The third-order valence-corrected chi connectivity index (χ3v) is 4.18. The maximum atomic E-state index is 11.7. The number of aryl methyl sites for hydroxylation is 1. The molecule has 2 heterocycles. The van der Waals surface area contributed by atoms with Gasteiger partial charge in [0.1, 0.15) is 5.69 Å². The van der Waals surface area contributed by atoms with Crippen LogP contribution in [-0.2, 0) is 6.54 Å². The molecule has 24 heavy (non-hydrogen) atoms. The lowest BCUT2D eigenvalue weighted by Crippen LogP contribution is -2.12. The highest BCUT2D eigenvalue weighted by Gasteiger charge is 2.22. The molecule has 0 aliphatic heterocycles. The van der Waals surface area contributed by atoms with Gasteiger partial charge in [0.25, 0.3) is 0 Å². The molecule has 0 atom stereocenters. The Morgan fingerprint density at radius 1 is 1.25 bits per heavy atom. The van der Waals surface area contributed by atoms with Gasteiger partial charge in [-0.25, -0.2) is 9.78 Å². The molecule has 0 saturated carbocycles. The first-order chi connectivity index (χ1) is 11.5. The van der Waals surface area contributed by atoms with E-state index in [4.69, 9.17) is 23.2 Å². The molecule has 1 N–H and O–H groups in total. The summed E-state index contributed by atoms with van der Waals surface area (Å²) in [5.74, 6) is -0.582. The molecule has 0 radical (unpaired) electrons. The number of aromatic carboxylic acids is 1. The van der Waals surface area contributed by atoms with Crippen LogP contribution in [0.25, 0.3) is 11.5 Å². The summed E-state index contributed by atoms with van der Waals surface area (Å²) in [6.07, 6.45) is 1.64. The fourth-order valence-electron chi connectivity index (χ4n) is 2.52. The average Bonchev–Trinajstić information content (AvgIpc) is 2.88. The molecular weight excluding hydrogens is 349 g/mol. The quantitative estimate of drug-likeness (QED) is 0.751. The number of pyridine rings is 1. The van der Waals surface area contributed by atoms with Crippen LogP contribution in [0.5, 0.6) is 0 Å². The molecule has 0 spiro atoms. The molecule has 2 aromatic heterocycles. The first-order valence-corrected chi connectivity index (χ1v) is 7.88. The number of halogens is 2. The van der Waals surface area contributed by atoms with Crippen molar-refractivity contribution in [2.45, 2.75) is 13.5 Å². The van der Waals surface area contributed by atoms with Gasteiger partial charge in [0.15, 0.2) is 11.5 Å². The number of benzene rings is 1. The van der Waals surface area contributed by atoms with Gasteiger partial charge in [0.2, 0.25) is 0 Å². The third kappa shape index (κ3) is 3.13. The Bertz CT molecular complexity index is 908. The molecule has 5 nitrogen and oxygen atoms in total. The van der Waals surface area contributed by atoms with Crippen LogP contribution in [0.4, 0.5) is 0 Å². The fourth-order valence-corrected chi connectivity index (χ4v) is 2.89. The van der Waals surface area contributed by atoms with E-state index in [0.29, 0.717) is 32.8 Å². The minimum atomic E-state index is -1.06. The van der Waals surface area contributed by atoms with E-state index in [0.717, 1.165) is 0 Å². The van der Waals surface area contributed by atoms with Gasteiger partial charge >= 0.3 is 5.97 Å². The zero-order chi connectivity index (χ0) is 17.3. The van der Waals surface area contributed by atoms with Gasteiger partial charge in [0, 0.05) is 16.2 Å². The van der Waals surface area contributed by atoms with Crippen molar-refractivity contribution in [3.63, 3.8) is 0 Å². The third-order valence-electron chi connectivity index (χ3n) is 3.57.